The lowest BCUT2D eigenvalue weighted by atomic mass is 10.2. The van der Waals surface area contributed by atoms with E-state index in [0.29, 0.717) is 31.7 Å². The number of hydrogen-bond donors (Lipinski definition) is 0. The smallest absolute Gasteiger partial charge is 0.223 e. The summed E-state index contributed by atoms with van der Waals surface area (Å²) in [4.78, 5) is 13.0. The maximum Gasteiger partial charge on any atom is 0.223 e. The van der Waals surface area contributed by atoms with Gasteiger partial charge in [0.15, 0.2) is 0 Å². The van der Waals surface area contributed by atoms with Gasteiger partial charge in [0.05, 0.1) is 25.0 Å². The van der Waals surface area contributed by atoms with Crippen LogP contribution in [-0.2, 0) is 4.79 Å². The van der Waals surface area contributed by atoms with E-state index in [1.807, 2.05) is 12.1 Å². The molecule has 0 aliphatic carbocycles. The molecule has 0 bridgehead atoms. The van der Waals surface area contributed by atoms with Gasteiger partial charge in [-0.2, -0.15) is 10.5 Å². The second kappa shape index (κ2) is 7.73. The van der Waals surface area contributed by atoms with Crippen LogP contribution in [0.4, 0.5) is 5.69 Å². The van der Waals surface area contributed by atoms with Crippen molar-refractivity contribution < 1.29 is 9.53 Å². The molecule has 1 aromatic rings. The summed E-state index contributed by atoms with van der Waals surface area (Å²) in [6.45, 7) is 2.19. The summed E-state index contributed by atoms with van der Waals surface area (Å²) in [5.41, 5.74) is 0.732. The van der Waals surface area contributed by atoms with E-state index in [1.54, 1.807) is 29.2 Å². The third kappa shape index (κ3) is 4.69. The van der Waals surface area contributed by atoms with Gasteiger partial charge in [-0.25, -0.2) is 0 Å². The number of anilines is 1. The number of hydrogen-bond acceptors (Lipinski definition) is 4. The first-order valence-corrected chi connectivity index (χ1v) is 5.94. The molecule has 0 saturated heterocycles. The van der Waals surface area contributed by atoms with Gasteiger partial charge in [-0.05, 0) is 24.3 Å². The number of nitrogens with zero attached hydrogens (tertiary/aromatic N) is 3. The van der Waals surface area contributed by atoms with Gasteiger partial charge in [0.1, 0.15) is 12.4 Å². The van der Waals surface area contributed by atoms with Crippen molar-refractivity contribution in [2.45, 2.75) is 19.8 Å². The molecule has 5 nitrogen and oxygen atoms in total. The first-order valence-electron chi connectivity index (χ1n) is 5.94. The zero-order chi connectivity index (χ0) is 14.1. The van der Waals surface area contributed by atoms with E-state index in [2.05, 4.69) is 0 Å². The fraction of sp³-hybridized carbons (Fsp3) is 0.357. The van der Waals surface area contributed by atoms with Crippen LogP contribution in [0.15, 0.2) is 24.3 Å². The summed E-state index contributed by atoms with van der Waals surface area (Å²) >= 11 is 0. The molecule has 0 aromatic heterocycles. The number of ether oxygens (including phenoxy) is 1. The maximum atomic E-state index is 11.5. The first kappa shape index (κ1) is 14.5. The van der Waals surface area contributed by atoms with E-state index in [4.69, 9.17) is 15.3 Å². The fourth-order valence-corrected chi connectivity index (χ4v) is 1.57. The van der Waals surface area contributed by atoms with Crippen molar-refractivity contribution in [1.82, 2.24) is 0 Å². The Kier molecular flexibility index (Phi) is 5.91. The number of rotatable bonds is 6. The second-order valence-corrected chi connectivity index (χ2v) is 3.83. The molecule has 0 unspecified atom stereocenters. The van der Waals surface area contributed by atoms with Crippen molar-refractivity contribution in [3.63, 3.8) is 0 Å². The van der Waals surface area contributed by atoms with Crippen LogP contribution in [0.5, 0.6) is 5.75 Å². The summed E-state index contributed by atoms with van der Waals surface area (Å²) in [6, 6.07) is 11.0. The Morgan fingerprint density at radius 2 is 1.84 bits per heavy atom. The lowest BCUT2D eigenvalue weighted by molar-refractivity contribution is -0.116. The predicted molar refractivity (Wildman–Crippen MR) is 70.4 cm³/mol. The van der Waals surface area contributed by atoms with Gasteiger partial charge in [0.2, 0.25) is 5.91 Å². The molecule has 0 saturated carbocycles. The number of carbonyl (C=O) groups is 1. The predicted octanol–water partition coefficient (Wildman–Crippen LogP) is 2.25. The molecule has 19 heavy (non-hydrogen) atoms. The highest BCUT2D eigenvalue weighted by Gasteiger charge is 2.10. The zero-order valence-corrected chi connectivity index (χ0v) is 10.8. The van der Waals surface area contributed by atoms with Gasteiger partial charge >= 0.3 is 0 Å². The minimum atomic E-state index is -0.103. The molecule has 0 heterocycles. The fourth-order valence-electron chi connectivity index (χ4n) is 1.57. The van der Waals surface area contributed by atoms with Crippen molar-refractivity contribution in [3.8, 4) is 17.9 Å². The van der Waals surface area contributed by atoms with Crippen molar-refractivity contribution in [1.29, 1.82) is 10.5 Å². The quantitative estimate of drug-likeness (QED) is 0.732. The normalized spacial score (nSPS) is 9.21. The largest absolute Gasteiger partial charge is 0.493 e. The minimum Gasteiger partial charge on any atom is -0.493 e. The molecule has 98 valence electrons. The molecule has 5 heteroatoms. The highest BCUT2D eigenvalue weighted by molar-refractivity contribution is 5.91. The van der Waals surface area contributed by atoms with Crippen molar-refractivity contribution in [2.24, 2.45) is 0 Å². The van der Waals surface area contributed by atoms with Crippen LogP contribution in [0.25, 0.3) is 0 Å². The summed E-state index contributed by atoms with van der Waals surface area (Å²) in [5.74, 6) is 0.552. The standard InChI is InChI=1S/C14H15N3O2/c1-12(18)17(10-2-8-15)13-4-6-14(7-5-13)19-11-3-9-16/h4-7H,2-3,10-11H2,1H3. The molecule has 0 aliphatic heterocycles. The molecule has 0 aliphatic rings. The summed E-state index contributed by atoms with van der Waals surface area (Å²) in [5, 5.41) is 17.0. The van der Waals surface area contributed by atoms with Crippen LogP contribution in [0.3, 0.4) is 0 Å². The van der Waals surface area contributed by atoms with E-state index in [0.717, 1.165) is 5.69 Å². The van der Waals surface area contributed by atoms with Gasteiger partial charge < -0.3 is 9.64 Å². The zero-order valence-electron chi connectivity index (χ0n) is 10.8. The van der Waals surface area contributed by atoms with E-state index in [1.165, 1.54) is 6.92 Å². The van der Waals surface area contributed by atoms with Crippen LogP contribution in [-0.4, -0.2) is 19.1 Å². The molecule has 0 atom stereocenters. The van der Waals surface area contributed by atoms with E-state index >= 15 is 0 Å². The molecular formula is C14H15N3O2. The number of benzene rings is 1. The van der Waals surface area contributed by atoms with Gasteiger partial charge in [0, 0.05) is 19.2 Å². The van der Waals surface area contributed by atoms with Gasteiger partial charge in [0.25, 0.3) is 0 Å². The topological polar surface area (TPSA) is 77.1 Å². The van der Waals surface area contributed by atoms with Crippen LogP contribution < -0.4 is 9.64 Å². The Morgan fingerprint density at radius 1 is 1.21 bits per heavy atom. The maximum absolute atomic E-state index is 11.5. The number of nitriles is 2. The van der Waals surface area contributed by atoms with Crippen molar-refractivity contribution in [2.75, 3.05) is 18.1 Å². The van der Waals surface area contributed by atoms with Crippen molar-refractivity contribution in [3.05, 3.63) is 24.3 Å². The van der Waals surface area contributed by atoms with Crippen molar-refractivity contribution >= 4 is 11.6 Å². The van der Waals surface area contributed by atoms with Gasteiger partial charge in [-0.15, -0.1) is 0 Å². The average molecular weight is 257 g/mol. The molecular weight excluding hydrogens is 242 g/mol. The van der Waals surface area contributed by atoms with Crippen LogP contribution >= 0.6 is 0 Å². The third-order valence-corrected chi connectivity index (χ3v) is 2.46. The Balaban J connectivity index is 2.70. The summed E-state index contributed by atoms with van der Waals surface area (Å²) < 4.78 is 5.34. The van der Waals surface area contributed by atoms with E-state index in [-0.39, 0.29) is 5.91 Å². The molecule has 0 spiro atoms. The highest BCUT2D eigenvalue weighted by atomic mass is 16.5. The number of carbonyl (C=O) groups excluding carboxylic acids is 1. The Bertz CT molecular complexity index is 497. The Morgan fingerprint density at radius 3 is 2.37 bits per heavy atom. The molecule has 0 fully saturated rings. The van der Waals surface area contributed by atoms with Crippen LogP contribution in [0, 0.1) is 22.7 Å². The number of amides is 1. The van der Waals surface area contributed by atoms with Crippen LogP contribution in [0.2, 0.25) is 0 Å². The third-order valence-electron chi connectivity index (χ3n) is 2.46. The van der Waals surface area contributed by atoms with Gasteiger partial charge in [-0.3, -0.25) is 4.79 Å². The molecule has 1 aromatic carbocycles. The van der Waals surface area contributed by atoms with Gasteiger partial charge in [-0.1, -0.05) is 0 Å². The second-order valence-electron chi connectivity index (χ2n) is 3.83. The summed E-state index contributed by atoms with van der Waals surface area (Å²) in [6.07, 6.45) is 0.628. The molecule has 1 amide bonds. The Hall–Kier alpha value is -2.53. The molecule has 0 N–H and O–H groups in total. The Labute approximate surface area is 112 Å². The minimum absolute atomic E-state index is 0.103. The lowest BCUT2D eigenvalue weighted by Crippen LogP contribution is -2.29. The monoisotopic (exact) mass is 257 g/mol. The lowest BCUT2D eigenvalue weighted by Gasteiger charge is -2.20. The summed E-state index contributed by atoms with van der Waals surface area (Å²) in [7, 11) is 0. The molecule has 0 radical (unpaired) electrons. The van der Waals surface area contributed by atoms with E-state index < -0.39 is 0 Å². The highest BCUT2D eigenvalue weighted by Crippen LogP contribution is 2.20. The first-order chi connectivity index (χ1) is 9.19. The SMILES string of the molecule is CC(=O)N(CCC#N)c1ccc(OCCC#N)cc1. The van der Waals surface area contributed by atoms with Crippen LogP contribution in [0.1, 0.15) is 19.8 Å². The average Bonchev–Trinajstić information content (AvgIpc) is 2.41. The van der Waals surface area contributed by atoms with E-state index in [9.17, 15) is 4.79 Å². The molecule has 1 rings (SSSR count).